The molecule has 2 heterocycles. The zero-order valence-corrected chi connectivity index (χ0v) is 10.1. The fourth-order valence-electron chi connectivity index (χ4n) is 2.05. The number of benzene rings is 1. The SMILES string of the molecule is Cc1ccc2c(N)nc(-c3ccccn3)cc2c1. The monoisotopic (exact) mass is 235 g/mol. The van der Waals surface area contributed by atoms with Gasteiger partial charge in [-0.3, -0.25) is 4.98 Å². The number of hydrogen-bond donors (Lipinski definition) is 1. The van der Waals surface area contributed by atoms with Crippen LogP contribution in [0, 0.1) is 6.92 Å². The van der Waals surface area contributed by atoms with Crippen LogP contribution in [-0.4, -0.2) is 9.97 Å². The molecule has 0 bridgehead atoms. The zero-order chi connectivity index (χ0) is 12.5. The van der Waals surface area contributed by atoms with Gasteiger partial charge in [0.25, 0.3) is 0 Å². The summed E-state index contributed by atoms with van der Waals surface area (Å²) in [4.78, 5) is 8.72. The van der Waals surface area contributed by atoms with E-state index in [0.717, 1.165) is 22.2 Å². The minimum Gasteiger partial charge on any atom is -0.383 e. The second-order valence-electron chi connectivity index (χ2n) is 4.33. The van der Waals surface area contributed by atoms with Gasteiger partial charge in [0.05, 0.1) is 11.4 Å². The third kappa shape index (κ3) is 1.80. The van der Waals surface area contributed by atoms with Gasteiger partial charge < -0.3 is 5.73 Å². The number of rotatable bonds is 1. The van der Waals surface area contributed by atoms with E-state index >= 15 is 0 Å². The first-order valence-electron chi connectivity index (χ1n) is 5.82. The van der Waals surface area contributed by atoms with Crippen molar-refractivity contribution in [1.29, 1.82) is 0 Å². The van der Waals surface area contributed by atoms with Gasteiger partial charge in [-0.1, -0.05) is 29.8 Å². The van der Waals surface area contributed by atoms with Crippen molar-refractivity contribution >= 4 is 16.6 Å². The maximum Gasteiger partial charge on any atom is 0.132 e. The largest absolute Gasteiger partial charge is 0.383 e. The van der Waals surface area contributed by atoms with Crippen LogP contribution in [0.3, 0.4) is 0 Å². The summed E-state index contributed by atoms with van der Waals surface area (Å²) in [5.41, 5.74) is 8.87. The summed E-state index contributed by atoms with van der Waals surface area (Å²) in [5.74, 6) is 0.549. The summed E-state index contributed by atoms with van der Waals surface area (Å²) in [6.07, 6.45) is 1.76. The lowest BCUT2D eigenvalue weighted by Crippen LogP contribution is -1.95. The molecular weight excluding hydrogens is 222 g/mol. The highest BCUT2D eigenvalue weighted by atomic mass is 14.9. The zero-order valence-electron chi connectivity index (χ0n) is 10.1. The summed E-state index contributed by atoms with van der Waals surface area (Å²) in [6.45, 7) is 2.07. The molecule has 0 aliphatic rings. The van der Waals surface area contributed by atoms with Gasteiger partial charge in [0.2, 0.25) is 0 Å². The van der Waals surface area contributed by atoms with Crippen molar-refractivity contribution in [2.45, 2.75) is 6.92 Å². The summed E-state index contributed by atoms with van der Waals surface area (Å²) < 4.78 is 0. The lowest BCUT2D eigenvalue weighted by atomic mass is 10.1. The van der Waals surface area contributed by atoms with Crippen LogP contribution in [0.4, 0.5) is 5.82 Å². The molecule has 0 aliphatic carbocycles. The molecule has 0 spiro atoms. The van der Waals surface area contributed by atoms with E-state index in [1.54, 1.807) is 6.20 Å². The quantitative estimate of drug-likeness (QED) is 0.704. The standard InChI is InChI=1S/C15H13N3/c1-10-5-6-12-11(8-10)9-14(18-15(12)16)13-4-2-3-7-17-13/h2-9H,1H3,(H2,16,18). The lowest BCUT2D eigenvalue weighted by molar-refractivity contribution is 1.26. The Balaban J connectivity index is 2.27. The predicted molar refractivity (Wildman–Crippen MR) is 74.1 cm³/mol. The highest BCUT2D eigenvalue weighted by Crippen LogP contribution is 2.25. The van der Waals surface area contributed by atoms with Crippen LogP contribution < -0.4 is 5.73 Å². The molecule has 0 saturated carbocycles. The summed E-state index contributed by atoms with van der Waals surface area (Å²) >= 11 is 0. The molecule has 0 atom stereocenters. The molecule has 3 rings (SSSR count). The normalized spacial score (nSPS) is 10.7. The van der Waals surface area contributed by atoms with Crippen molar-refractivity contribution in [3.63, 3.8) is 0 Å². The number of anilines is 1. The first-order chi connectivity index (χ1) is 8.74. The predicted octanol–water partition coefficient (Wildman–Crippen LogP) is 3.19. The lowest BCUT2D eigenvalue weighted by Gasteiger charge is -2.06. The van der Waals surface area contributed by atoms with E-state index in [9.17, 15) is 0 Å². The van der Waals surface area contributed by atoms with Crippen molar-refractivity contribution < 1.29 is 0 Å². The Morgan fingerprint density at radius 2 is 1.89 bits per heavy atom. The van der Waals surface area contributed by atoms with Crippen molar-refractivity contribution in [2.24, 2.45) is 0 Å². The Kier molecular flexibility index (Phi) is 2.45. The molecule has 1 aromatic carbocycles. The Bertz CT molecular complexity index is 706. The second-order valence-corrected chi connectivity index (χ2v) is 4.33. The van der Waals surface area contributed by atoms with Crippen LogP contribution in [0.25, 0.3) is 22.2 Å². The van der Waals surface area contributed by atoms with E-state index in [4.69, 9.17) is 5.73 Å². The molecule has 3 heteroatoms. The number of nitrogen functional groups attached to an aromatic ring is 1. The first-order valence-corrected chi connectivity index (χ1v) is 5.82. The Hall–Kier alpha value is -2.42. The Labute approximate surface area is 105 Å². The van der Waals surface area contributed by atoms with Crippen LogP contribution in [0.1, 0.15) is 5.56 Å². The van der Waals surface area contributed by atoms with E-state index in [0.29, 0.717) is 5.82 Å². The molecule has 88 valence electrons. The van der Waals surface area contributed by atoms with Crippen LogP contribution in [0.2, 0.25) is 0 Å². The number of hydrogen-bond acceptors (Lipinski definition) is 3. The molecule has 0 saturated heterocycles. The molecule has 0 aliphatic heterocycles. The molecule has 0 radical (unpaired) electrons. The molecule has 0 unspecified atom stereocenters. The molecule has 18 heavy (non-hydrogen) atoms. The number of nitrogens with two attached hydrogens (primary N) is 1. The molecule has 3 nitrogen and oxygen atoms in total. The maximum absolute atomic E-state index is 6.01. The number of nitrogens with zero attached hydrogens (tertiary/aromatic N) is 2. The van der Waals surface area contributed by atoms with E-state index in [-0.39, 0.29) is 0 Å². The molecule has 0 amide bonds. The smallest absolute Gasteiger partial charge is 0.132 e. The second kappa shape index (κ2) is 4.11. The average Bonchev–Trinajstić information content (AvgIpc) is 2.39. The van der Waals surface area contributed by atoms with Gasteiger partial charge in [0.15, 0.2) is 0 Å². The van der Waals surface area contributed by atoms with Crippen molar-refractivity contribution in [3.05, 3.63) is 54.2 Å². The van der Waals surface area contributed by atoms with Gasteiger partial charge in [-0.05, 0) is 30.5 Å². The van der Waals surface area contributed by atoms with E-state index in [2.05, 4.69) is 23.0 Å². The highest BCUT2D eigenvalue weighted by Gasteiger charge is 2.06. The third-order valence-electron chi connectivity index (χ3n) is 2.94. The summed E-state index contributed by atoms with van der Waals surface area (Å²) in [5, 5.41) is 2.09. The fourth-order valence-corrected chi connectivity index (χ4v) is 2.05. The fraction of sp³-hybridized carbons (Fsp3) is 0.0667. The van der Waals surface area contributed by atoms with Gasteiger partial charge in [-0.15, -0.1) is 0 Å². The molecule has 3 aromatic rings. The van der Waals surface area contributed by atoms with Gasteiger partial charge in [0.1, 0.15) is 5.82 Å². The Morgan fingerprint density at radius 3 is 2.67 bits per heavy atom. The summed E-state index contributed by atoms with van der Waals surface area (Å²) in [6, 6.07) is 14.0. The number of aryl methyl sites for hydroxylation is 1. The Morgan fingerprint density at radius 1 is 1.00 bits per heavy atom. The van der Waals surface area contributed by atoms with Crippen LogP contribution in [-0.2, 0) is 0 Å². The molecular formula is C15H13N3. The highest BCUT2D eigenvalue weighted by molar-refractivity contribution is 5.93. The van der Waals surface area contributed by atoms with E-state index in [1.165, 1.54) is 5.56 Å². The van der Waals surface area contributed by atoms with Gasteiger partial charge in [-0.25, -0.2) is 4.98 Å². The van der Waals surface area contributed by atoms with E-state index in [1.807, 2.05) is 36.4 Å². The number of pyridine rings is 2. The molecule has 0 fully saturated rings. The maximum atomic E-state index is 6.01. The third-order valence-corrected chi connectivity index (χ3v) is 2.94. The number of fused-ring (bicyclic) bond motifs is 1. The first kappa shape index (κ1) is 10.7. The van der Waals surface area contributed by atoms with Gasteiger partial charge >= 0.3 is 0 Å². The van der Waals surface area contributed by atoms with Crippen LogP contribution >= 0.6 is 0 Å². The van der Waals surface area contributed by atoms with Crippen molar-refractivity contribution in [1.82, 2.24) is 9.97 Å². The average molecular weight is 235 g/mol. The minimum atomic E-state index is 0.549. The van der Waals surface area contributed by atoms with Crippen LogP contribution in [0.15, 0.2) is 48.7 Å². The molecule has 2 aromatic heterocycles. The van der Waals surface area contributed by atoms with Crippen molar-refractivity contribution in [3.8, 4) is 11.4 Å². The minimum absolute atomic E-state index is 0.549. The van der Waals surface area contributed by atoms with Crippen LogP contribution in [0.5, 0.6) is 0 Å². The molecule has 2 N–H and O–H groups in total. The van der Waals surface area contributed by atoms with Gasteiger partial charge in [0, 0.05) is 11.6 Å². The van der Waals surface area contributed by atoms with E-state index < -0.39 is 0 Å². The van der Waals surface area contributed by atoms with Crippen molar-refractivity contribution in [2.75, 3.05) is 5.73 Å². The summed E-state index contributed by atoms with van der Waals surface area (Å²) in [7, 11) is 0. The topological polar surface area (TPSA) is 51.8 Å². The number of aromatic nitrogens is 2. The van der Waals surface area contributed by atoms with Gasteiger partial charge in [-0.2, -0.15) is 0 Å².